The van der Waals surface area contributed by atoms with Crippen LogP contribution in [0.2, 0.25) is 0 Å². The quantitative estimate of drug-likeness (QED) is 0.205. The minimum absolute atomic E-state index is 0.000735. The molecule has 298 valence electrons. The van der Waals surface area contributed by atoms with Gasteiger partial charge >= 0.3 is 5.69 Å². The van der Waals surface area contributed by atoms with Gasteiger partial charge in [-0.25, -0.2) is 9.78 Å². The van der Waals surface area contributed by atoms with Crippen LogP contribution in [0.5, 0.6) is 0 Å². The minimum atomic E-state index is -0.670. The summed E-state index contributed by atoms with van der Waals surface area (Å²) < 4.78 is 4.29. The number of hydrogen-bond donors (Lipinski definition) is 3. The van der Waals surface area contributed by atoms with Gasteiger partial charge in [-0.15, -0.1) is 11.3 Å². The highest BCUT2D eigenvalue weighted by Gasteiger charge is 2.39. The lowest BCUT2D eigenvalue weighted by atomic mass is 9.71. The fourth-order valence-electron chi connectivity index (χ4n) is 10.3. The van der Waals surface area contributed by atoms with Crippen molar-refractivity contribution in [2.24, 2.45) is 18.4 Å². The van der Waals surface area contributed by atoms with Gasteiger partial charge in [0.1, 0.15) is 16.7 Å². The van der Waals surface area contributed by atoms with Gasteiger partial charge in [-0.05, 0) is 119 Å². The molecule has 5 aliphatic rings. The highest BCUT2D eigenvalue weighted by Crippen LogP contribution is 2.44. The topological polar surface area (TPSA) is 137 Å². The zero-order chi connectivity index (χ0) is 39.0. The van der Waals surface area contributed by atoms with Crippen LogP contribution in [0.15, 0.2) is 47.3 Å². The molecule has 14 heteroatoms. The second kappa shape index (κ2) is 14.2. The van der Waals surface area contributed by atoms with E-state index in [2.05, 4.69) is 67.0 Å². The van der Waals surface area contributed by atoms with E-state index in [1.807, 2.05) is 13.0 Å². The van der Waals surface area contributed by atoms with Crippen LogP contribution in [0, 0.1) is 11.3 Å². The Bertz CT molecular complexity index is 2480. The van der Waals surface area contributed by atoms with Gasteiger partial charge in [-0.1, -0.05) is 0 Å². The smallest absolute Gasteiger partial charge is 0.329 e. The Kier molecular flexibility index (Phi) is 9.04. The molecule has 2 atom stereocenters. The number of thiophene rings is 1. The first kappa shape index (κ1) is 36.4. The number of likely N-dealkylation sites (tertiary alicyclic amines) is 1. The number of nitrogens with one attached hydrogen (secondary N) is 3. The summed E-state index contributed by atoms with van der Waals surface area (Å²) in [6.07, 6.45) is 7.82. The monoisotopic (exact) mass is 789 g/mol. The highest BCUT2D eigenvalue weighted by atomic mass is 32.1. The third-order valence-corrected chi connectivity index (χ3v) is 15.0. The Morgan fingerprint density at radius 3 is 2.40 bits per heavy atom. The second-order valence-corrected chi connectivity index (χ2v) is 18.4. The summed E-state index contributed by atoms with van der Waals surface area (Å²) in [5.41, 5.74) is 4.77. The minimum Gasteiger partial charge on any atom is -0.381 e. The number of rotatable bonds is 5. The van der Waals surface area contributed by atoms with Crippen LogP contribution in [-0.2, 0) is 16.6 Å². The van der Waals surface area contributed by atoms with Crippen LogP contribution in [-0.4, -0.2) is 95.1 Å². The number of pyridine rings is 1. The first-order chi connectivity index (χ1) is 27.6. The number of amides is 3. The van der Waals surface area contributed by atoms with E-state index in [9.17, 15) is 19.2 Å². The number of imidazole rings is 1. The van der Waals surface area contributed by atoms with Crippen LogP contribution >= 0.6 is 11.3 Å². The maximum absolute atomic E-state index is 13.3. The fraction of sp³-hybridized carbons (Fsp3) is 0.512. The Morgan fingerprint density at radius 2 is 1.63 bits per heavy atom. The Labute approximate surface area is 335 Å². The standard InChI is InChI=1S/C43H51N9O4S/c1-26-24-44-38-37-29-4-9-35(46-30(29)5-8-34(37)57-39(38)41(55)45-26)51-21-15-43(16-22-51)13-19-49(20-14-43)25-27-11-17-50(18-12-27)28-3-6-31-33(23-28)48(2)42(56)52(31)32-7-10-36(53)47-40(32)54/h3-6,8-9,23,26-27,32,44H,7,10-22,24-25H2,1-2H3,(H,45,55)(H,47,53,54)/t26-,32?/m1/s1. The van der Waals surface area contributed by atoms with E-state index in [4.69, 9.17) is 4.98 Å². The molecule has 1 spiro atoms. The molecular weight excluding hydrogens is 739 g/mol. The summed E-state index contributed by atoms with van der Waals surface area (Å²) in [5.74, 6) is 1.04. The number of nitrogens with zero attached hydrogens (tertiary/aromatic N) is 6. The van der Waals surface area contributed by atoms with Gasteiger partial charge < -0.3 is 25.3 Å². The molecule has 3 aromatic heterocycles. The number of benzene rings is 2. The molecule has 0 saturated carbocycles. The van der Waals surface area contributed by atoms with Crippen LogP contribution in [0.1, 0.15) is 74.0 Å². The first-order valence-corrected chi connectivity index (χ1v) is 21.6. The molecule has 3 N–H and O–H groups in total. The summed E-state index contributed by atoms with van der Waals surface area (Å²) in [6.45, 7) is 10.3. The maximum atomic E-state index is 13.3. The molecule has 3 amide bonds. The van der Waals surface area contributed by atoms with Crippen molar-refractivity contribution in [3.63, 3.8) is 0 Å². The van der Waals surface area contributed by atoms with E-state index in [1.165, 1.54) is 45.3 Å². The van der Waals surface area contributed by atoms with E-state index < -0.39 is 11.9 Å². The van der Waals surface area contributed by atoms with Gasteiger partial charge in [0, 0.05) is 79.9 Å². The van der Waals surface area contributed by atoms with Crippen molar-refractivity contribution in [1.29, 1.82) is 0 Å². The number of aryl methyl sites for hydroxylation is 1. The van der Waals surface area contributed by atoms with E-state index in [-0.39, 0.29) is 30.0 Å². The van der Waals surface area contributed by atoms with Crippen molar-refractivity contribution in [2.75, 3.05) is 67.5 Å². The number of aromatic nitrogens is 3. The van der Waals surface area contributed by atoms with Crippen LogP contribution in [0.25, 0.3) is 32.0 Å². The van der Waals surface area contributed by atoms with E-state index in [0.717, 1.165) is 93.1 Å². The van der Waals surface area contributed by atoms with E-state index >= 15 is 0 Å². The second-order valence-electron chi connectivity index (χ2n) is 17.3. The molecular formula is C43H51N9O4S. The number of hydrogen-bond acceptors (Lipinski definition) is 10. The lowest BCUT2D eigenvalue weighted by Crippen LogP contribution is -2.48. The number of carbonyl (C=O) groups excluding carboxylic acids is 3. The molecule has 2 aromatic carbocycles. The van der Waals surface area contributed by atoms with Gasteiger partial charge in [-0.2, -0.15) is 0 Å². The van der Waals surface area contributed by atoms with Crippen LogP contribution in [0.4, 0.5) is 17.2 Å². The van der Waals surface area contributed by atoms with Gasteiger partial charge in [0.2, 0.25) is 11.8 Å². The summed E-state index contributed by atoms with van der Waals surface area (Å²) >= 11 is 1.55. The molecule has 4 saturated heterocycles. The lowest BCUT2D eigenvalue weighted by molar-refractivity contribution is -0.135. The summed E-state index contributed by atoms with van der Waals surface area (Å²) in [7, 11) is 1.76. The number of anilines is 3. The maximum Gasteiger partial charge on any atom is 0.329 e. The number of carbonyl (C=O) groups is 3. The van der Waals surface area contributed by atoms with Crippen molar-refractivity contribution >= 4 is 78.3 Å². The SMILES string of the molecule is C[C@@H]1CNc2c(sc3ccc4nc(N5CCC6(CCN(CC7CCN(c8ccc9c(c8)n(C)c(=O)n9C8CCC(=O)NC8=O)CC7)CC6)CC5)ccc4c23)C(=O)N1. The van der Waals surface area contributed by atoms with Crippen LogP contribution < -0.4 is 31.4 Å². The van der Waals surface area contributed by atoms with Crippen molar-refractivity contribution in [3.8, 4) is 0 Å². The molecule has 5 aliphatic heterocycles. The molecule has 8 heterocycles. The zero-order valence-corrected chi connectivity index (χ0v) is 33.6. The molecule has 0 aliphatic carbocycles. The summed E-state index contributed by atoms with van der Waals surface area (Å²) in [6, 6.07) is 14.1. The van der Waals surface area contributed by atoms with Gasteiger partial charge in [-0.3, -0.25) is 28.8 Å². The van der Waals surface area contributed by atoms with Crippen molar-refractivity contribution < 1.29 is 14.4 Å². The Hall–Kier alpha value is -4.95. The third kappa shape index (κ3) is 6.44. The number of imide groups is 1. The molecule has 4 fully saturated rings. The Morgan fingerprint density at radius 1 is 0.860 bits per heavy atom. The Balaban J connectivity index is 0.729. The average molecular weight is 790 g/mol. The molecule has 10 rings (SSSR count). The van der Waals surface area contributed by atoms with Crippen LogP contribution in [0.3, 0.4) is 0 Å². The molecule has 57 heavy (non-hydrogen) atoms. The largest absolute Gasteiger partial charge is 0.381 e. The molecule has 5 aromatic rings. The van der Waals surface area contributed by atoms with Gasteiger partial charge in [0.05, 0.1) is 22.2 Å². The van der Waals surface area contributed by atoms with Crippen molar-refractivity contribution in [1.82, 2.24) is 29.7 Å². The zero-order valence-electron chi connectivity index (χ0n) is 32.8. The number of fused-ring (bicyclic) bond motifs is 6. The lowest BCUT2D eigenvalue weighted by Gasteiger charge is -2.48. The molecule has 0 bridgehead atoms. The fourth-order valence-corrected chi connectivity index (χ4v) is 11.4. The average Bonchev–Trinajstić information content (AvgIpc) is 3.67. The van der Waals surface area contributed by atoms with Crippen molar-refractivity contribution in [2.45, 2.75) is 70.4 Å². The summed E-state index contributed by atoms with van der Waals surface area (Å²) in [4.78, 5) is 64.0. The highest BCUT2D eigenvalue weighted by molar-refractivity contribution is 7.21. The van der Waals surface area contributed by atoms with Gasteiger partial charge in [0.15, 0.2) is 0 Å². The van der Waals surface area contributed by atoms with E-state index in [1.54, 1.807) is 27.5 Å². The first-order valence-electron chi connectivity index (χ1n) is 20.8. The number of piperidine rings is 4. The molecule has 0 radical (unpaired) electrons. The predicted octanol–water partition coefficient (Wildman–Crippen LogP) is 5.22. The van der Waals surface area contributed by atoms with Gasteiger partial charge in [0.25, 0.3) is 5.91 Å². The third-order valence-electron chi connectivity index (χ3n) is 13.8. The van der Waals surface area contributed by atoms with E-state index in [0.29, 0.717) is 24.3 Å². The summed E-state index contributed by atoms with van der Waals surface area (Å²) in [5, 5.41) is 11.2. The van der Waals surface area contributed by atoms with Crippen molar-refractivity contribution in [3.05, 3.63) is 57.8 Å². The molecule has 1 unspecified atom stereocenters. The molecule has 13 nitrogen and oxygen atoms in total. The predicted molar refractivity (Wildman–Crippen MR) is 226 cm³/mol. The normalized spacial score (nSPS) is 23.5.